The minimum atomic E-state index is -1.81. The van der Waals surface area contributed by atoms with E-state index in [0.717, 1.165) is 22.4 Å². The minimum absolute atomic E-state index is 0.186. The van der Waals surface area contributed by atoms with E-state index in [-0.39, 0.29) is 5.04 Å². The molecule has 120 valence electrons. The first kappa shape index (κ1) is 17.3. The Hall–Kier alpha value is -2.05. The van der Waals surface area contributed by atoms with Gasteiger partial charge in [-0.15, -0.1) is 0 Å². The van der Waals surface area contributed by atoms with Crippen LogP contribution in [0.5, 0.6) is 5.75 Å². The van der Waals surface area contributed by atoms with Crippen LogP contribution in [-0.2, 0) is 6.42 Å². The van der Waals surface area contributed by atoms with Crippen molar-refractivity contribution in [2.75, 3.05) is 0 Å². The number of nitrogens with zero attached hydrogens (tertiary/aromatic N) is 1. The maximum Gasteiger partial charge on any atom is 0.250 e. The van der Waals surface area contributed by atoms with Gasteiger partial charge in [-0.05, 0) is 47.0 Å². The van der Waals surface area contributed by atoms with Gasteiger partial charge in [0.05, 0.1) is 12.5 Å². The topological polar surface area (TPSA) is 33.0 Å². The molecule has 0 unspecified atom stereocenters. The van der Waals surface area contributed by atoms with Gasteiger partial charge in [-0.3, -0.25) is 0 Å². The maximum atomic E-state index is 8.97. The van der Waals surface area contributed by atoms with Crippen molar-refractivity contribution in [3.63, 3.8) is 0 Å². The number of hydrogen-bond acceptors (Lipinski definition) is 2. The highest BCUT2D eigenvalue weighted by atomic mass is 28.4. The molecule has 0 aliphatic heterocycles. The average molecular weight is 324 g/mol. The summed E-state index contributed by atoms with van der Waals surface area (Å²) < 4.78 is 6.32. The number of hydrogen-bond donors (Lipinski definition) is 0. The van der Waals surface area contributed by atoms with Crippen molar-refractivity contribution >= 4 is 8.32 Å². The van der Waals surface area contributed by atoms with E-state index in [9.17, 15) is 0 Å². The molecule has 0 radical (unpaired) electrons. The highest BCUT2D eigenvalue weighted by molar-refractivity contribution is 6.74. The van der Waals surface area contributed by atoms with Crippen LogP contribution >= 0.6 is 0 Å². The third-order valence-corrected chi connectivity index (χ3v) is 8.99. The smallest absolute Gasteiger partial charge is 0.250 e. The molecular formula is C20H25NOSi. The fourth-order valence-corrected chi connectivity index (χ4v) is 3.22. The van der Waals surface area contributed by atoms with E-state index in [1.54, 1.807) is 0 Å². The highest BCUT2D eigenvalue weighted by Crippen LogP contribution is 2.37. The Morgan fingerprint density at radius 1 is 1.00 bits per heavy atom. The lowest BCUT2D eigenvalue weighted by molar-refractivity contribution is 0.492. The Balaban J connectivity index is 2.26. The van der Waals surface area contributed by atoms with Crippen LogP contribution in [0.4, 0.5) is 0 Å². The average Bonchev–Trinajstić information content (AvgIpc) is 2.48. The number of benzene rings is 2. The van der Waals surface area contributed by atoms with Crippen molar-refractivity contribution in [3.05, 3.63) is 54.1 Å². The molecule has 0 aromatic heterocycles. The first-order chi connectivity index (χ1) is 10.7. The summed E-state index contributed by atoms with van der Waals surface area (Å²) in [6.45, 7) is 11.2. The van der Waals surface area contributed by atoms with E-state index in [4.69, 9.17) is 9.69 Å². The van der Waals surface area contributed by atoms with Gasteiger partial charge in [-0.1, -0.05) is 57.2 Å². The van der Waals surface area contributed by atoms with Crippen molar-refractivity contribution in [2.45, 2.75) is 45.3 Å². The SMILES string of the molecule is CC(C)(C)[Si](C)(C)Oc1ccc(-c2ccccc2CC#N)cc1. The Morgan fingerprint density at radius 3 is 2.17 bits per heavy atom. The molecule has 0 spiro atoms. The maximum absolute atomic E-state index is 8.97. The van der Waals surface area contributed by atoms with Crippen LogP contribution in [0, 0.1) is 11.3 Å². The van der Waals surface area contributed by atoms with Crippen LogP contribution in [-0.4, -0.2) is 8.32 Å². The van der Waals surface area contributed by atoms with Gasteiger partial charge in [0, 0.05) is 0 Å². The number of nitriles is 1. The Morgan fingerprint density at radius 2 is 1.61 bits per heavy atom. The molecule has 3 heteroatoms. The third kappa shape index (κ3) is 4.03. The summed E-state index contributed by atoms with van der Waals surface area (Å²) in [6, 6.07) is 18.5. The van der Waals surface area contributed by atoms with E-state index in [0.29, 0.717) is 6.42 Å². The quantitative estimate of drug-likeness (QED) is 0.666. The summed E-state index contributed by atoms with van der Waals surface area (Å²) in [7, 11) is -1.81. The first-order valence-corrected chi connectivity index (χ1v) is 10.9. The van der Waals surface area contributed by atoms with Crippen LogP contribution < -0.4 is 4.43 Å². The monoisotopic (exact) mass is 323 g/mol. The van der Waals surface area contributed by atoms with Crippen LogP contribution in [0.1, 0.15) is 26.3 Å². The molecule has 2 aromatic carbocycles. The first-order valence-electron chi connectivity index (χ1n) is 7.99. The van der Waals surface area contributed by atoms with Crippen molar-refractivity contribution in [1.29, 1.82) is 5.26 Å². The summed E-state index contributed by atoms with van der Waals surface area (Å²) in [5.74, 6) is 0.929. The van der Waals surface area contributed by atoms with Gasteiger partial charge in [0.15, 0.2) is 0 Å². The molecule has 0 bridgehead atoms. The van der Waals surface area contributed by atoms with E-state index in [1.165, 1.54) is 0 Å². The van der Waals surface area contributed by atoms with E-state index < -0.39 is 8.32 Å². The summed E-state index contributed by atoms with van der Waals surface area (Å²) in [4.78, 5) is 0. The second-order valence-corrected chi connectivity index (χ2v) is 12.1. The van der Waals surface area contributed by atoms with Gasteiger partial charge in [-0.2, -0.15) is 5.26 Å². The fourth-order valence-electron chi connectivity index (χ4n) is 2.19. The lowest BCUT2D eigenvalue weighted by atomic mass is 9.98. The van der Waals surface area contributed by atoms with Gasteiger partial charge < -0.3 is 4.43 Å². The minimum Gasteiger partial charge on any atom is -0.544 e. The van der Waals surface area contributed by atoms with E-state index in [2.05, 4.69) is 58.1 Å². The van der Waals surface area contributed by atoms with Crippen LogP contribution in [0.25, 0.3) is 11.1 Å². The lowest BCUT2D eigenvalue weighted by Gasteiger charge is -2.36. The third-order valence-electron chi connectivity index (χ3n) is 4.63. The summed E-state index contributed by atoms with van der Waals surface area (Å²) in [5, 5.41) is 9.16. The zero-order chi connectivity index (χ0) is 17.1. The van der Waals surface area contributed by atoms with Crippen LogP contribution in [0.15, 0.2) is 48.5 Å². The van der Waals surface area contributed by atoms with Crippen molar-refractivity contribution in [2.24, 2.45) is 0 Å². The fraction of sp³-hybridized carbons (Fsp3) is 0.350. The van der Waals surface area contributed by atoms with Gasteiger partial charge in [0.25, 0.3) is 0 Å². The molecule has 2 rings (SSSR count). The standard InChI is InChI=1S/C20H25NOSi/c1-20(2,3)23(4,5)22-18-12-10-17(11-13-18)19-9-7-6-8-16(19)14-15-21/h6-13H,14H2,1-5H3. The highest BCUT2D eigenvalue weighted by Gasteiger charge is 2.38. The van der Waals surface area contributed by atoms with Gasteiger partial charge in [0.1, 0.15) is 5.75 Å². The molecule has 0 atom stereocenters. The molecule has 0 aliphatic carbocycles. The second-order valence-electron chi connectivity index (χ2n) is 7.38. The summed E-state index contributed by atoms with van der Waals surface area (Å²) in [5.41, 5.74) is 3.31. The Kier molecular flexibility index (Phi) is 4.96. The van der Waals surface area contributed by atoms with Crippen LogP contribution in [0.3, 0.4) is 0 Å². The zero-order valence-corrected chi connectivity index (χ0v) is 15.7. The molecule has 0 fully saturated rings. The lowest BCUT2D eigenvalue weighted by Crippen LogP contribution is -2.43. The molecule has 0 aliphatic rings. The largest absolute Gasteiger partial charge is 0.544 e. The molecule has 0 heterocycles. The van der Waals surface area contributed by atoms with Gasteiger partial charge >= 0.3 is 0 Å². The van der Waals surface area contributed by atoms with Crippen LogP contribution in [0.2, 0.25) is 18.1 Å². The normalized spacial score (nSPS) is 11.8. The van der Waals surface area contributed by atoms with Crippen molar-refractivity contribution in [1.82, 2.24) is 0 Å². The number of rotatable bonds is 4. The van der Waals surface area contributed by atoms with Gasteiger partial charge in [-0.25, -0.2) is 0 Å². The second kappa shape index (κ2) is 6.60. The van der Waals surface area contributed by atoms with Crippen molar-refractivity contribution in [3.8, 4) is 22.9 Å². The molecule has 0 N–H and O–H groups in total. The summed E-state index contributed by atoms with van der Waals surface area (Å²) in [6.07, 6.45) is 0.429. The molecular weight excluding hydrogens is 298 g/mol. The van der Waals surface area contributed by atoms with E-state index >= 15 is 0 Å². The van der Waals surface area contributed by atoms with E-state index in [1.807, 2.05) is 30.3 Å². The molecule has 0 amide bonds. The summed E-state index contributed by atoms with van der Waals surface area (Å²) >= 11 is 0. The molecule has 0 saturated carbocycles. The molecule has 2 nitrogen and oxygen atoms in total. The molecule has 0 saturated heterocycles. The molecule has 23 heavy (non-hydrogen) atoms. The zero-order valence-electron chi connectivity index (χ0n) is 14.7. The van der Waals surface area contributed by atoms with Gasteiger partial charge in [0.2, 0.25) is 8.32 Å². The van der Waals surface area contributed by atoms with Crippen molar-refractivity contribution < 1.29 is 4.43 Å². The Bertz CT molecular complexity index is 706. The molecule has 2 aromatic rings. The Labute approximate surface area is 140 Å². The predicted octanol–water partition coefficient (Wildman–Crippen LogP) is 5.80. The predicted molar refractivity (Wildman–Crippen MR) is 99.0 cm³/mol.